The van der Waals surface area contributed by atoms with Gasteiger partial charge in [-0.15, -0.1) is 0 Å². The second-order valence-corrected chi connectivity index (χ2v) is 17.0. The first-order valence-corrected chi connectivity index (χ1v) is 19.4. The molecule has 11 nitrogen and oxygen atoms in total. The highest BCUT2D eigenvalue weighted by atomic mass is 19.4. The number of rotatable bonds is 9. The fourth-order valence-corrected chi connectivity index (χ4v) is 8.44. The third kappa shape index (κ3) is 7.92. The number of carbonyl (C=O) groups excluding carboxylic acids is 1. The first-order chi connectivity index (χ1) is 26.2. The highest BCUT2D eigenvalue weighted by Gasteiger charge is 2.48. The van der Waals surface area contributed by atoms with Gasteiger partial charge < -0.3 is 28.9 Å². The number of aryl methyl sites for hydroxylation is 1. The molecule has 294 valence electrons. The Hall–Kier alpha value is -4.59. The molecule has 1 spiro atoms. The third-order valence-corrected chi connectivity index (χ3v) is 11.5. The van der Waals surface area contributed by atoms with Gasteiger partial charge in [0.25, 0.3) is 0 Å². The lowest BCUT2D eigenvalue weighted by molar-refractivity contribution is -0.153. The van der Waals surface area contributed by atoms with Crippen LogP contribution in [0.1, 0.15) is 70.4 Å². The molecule has 0 radical (unpaired) electrons. The first kappa shape index (κ1) is 37.3. The zero-order valence-electron chi connectivity index (χ0n) is 32.1. The van der Waals surface area contributed by atoms with Gasteiger partial charge >= 0.3 is 18.3 Å². The van der Waals surface area contributed by atoms with Gasteiger partial charge in [-0.3, -0.25) is 5.10 Å². The summed E-state index contributed by atoms with van der Waals surface area (Å²) in [7, 11) is 0. The lowest BCUT2D eigenvalue weighted by Gasteiger charge is -2.53. The van der Waals surface area contributed by atoms with Crippen LogP contribution in [0.5, 0.6) is 11.8 Å². The minimum Gasteiger partial charge on any atom is -0.481 e. The number of nitrogens with one attached hydrogen (secondary N) is 1. The van der Waals surface area contributed by atoms with Crippen LogP contribution in [-0.2, 0) is 4.74 Å². The van der Waals surface area contributed by atoms with Gasteiger partial charge in [-0.1, -0.05) is 18.7 Å². The number of anilines is 1. The summed E-state index contributed by atoms with van der Waals surface area (Å²) in [5.74, 6) is 1.37. The molecule has 1 aliphatic carbocycles. The minimum absolute atomic E-state index is 0.00486. The van der Waals surface area contributed by atoms with Crippen LogP contribution in [-0.4, -0.2) is 106 Å². The fourth-order valence-electron chi connectivity index (χ4n) is 8.44. The maximum atomic E-state index is 14.0. The number of likely N-dealkylation sites (tertiary alicyclic amines) is 2. The molecular formula is C41H50F3N7O4. The predicted molar refractivity (Wildman–Crippen MR) is 206 cm³/mol. The second kappa shape index (κ2) is 14.2. The molecule has 4 fully saturated rings. The molecule has 3 saturated heterocycles. The third-order valence-electron chi connectivity index (χ3n) is 11.5. The zero-order chi connectivity index (χ0) is 38.7. The Morgan fingerprint density at radius 1 is 1.02 bits per heavy atom. The number of alkyl halides is 3. The van der Waals surface area contributed by atoms with E-state index in [1.54, 1.807) is 17.2 Å². The predicted octanol–water partition coefficient (Wildman–Crippen LogP) is 8.16. The number of nitrogens with zero attached hydrogens (tertiary/aromatic N) is 6. The Morgan fingerprint density at radius 2 is 1.75 bits per heavy atom. The van der Waals surface area contributed by atoms with Crippen molar-refractivity contribution >= 4 is 39.8 Å². The zero-order valence-corrected chi connectivity index (χ0v) is 32.1. The van der Waals surface area contributed by atoms with E-state index in [1.807, 2.05) is 45.9 Å². The molecule has 5 heterocycles. The molecule has 1 amide bonds. The van der Waals surface area contributed by atoms with Gasteiger partial charge in [-0.2, -0.15) is 28.2 Å². The standard InChI is InChI=1S/C41H50F3N7O4/c1-6-27-19-29-34(35(53-24-41(42,43)44)33(27)32-25(2)7-10-31-30(32)20-45-48-31)46-37(54-28-11-15-49(16-12-28)21-26-8-9-26)47-36(29)50-17-13-40(14-18-50)22-51(23-40)38(52)55-39(3,4)5/h6-7,10,19-20,26,28H,1,8-9,11-18,21-24H2,2-5H3,(H,45,48). The summed E-state index contributed by atoms with van der Waals surface area (Å²) in [5, 5.41) is 8.52. The van der Waals surface area contributed by atoms with E-state index >= 15 is 0 Å². The van der Waals surface area contributed by atoms with E-state index in [2.05, 4.69) is 26.6 Å². The maximum Gasteiger partial charge on any atom is 0.422 e. The summed E-state index contributed by atoms with van der Waals surface area (Å²) in [4.78, 5) is 29.1. The van der Waals surface area contributed by atoms with Crippen LogP contribution < -0.4 is 14.4 Å². The molecule has 3 aliphatic heterocycles. The molecule has 1 saturated carbocycles. The van der Waals surface area contributed by atoms with Gasteiger partial charge in [0.2, 0.25) is 0 Å². The number of H-pyrrole nitrogens is 1. The maximum absolute atomic E-state index is 14.0. The number of fused-ring (bicyclic) bond motifs is 2. The van der Waals surface area contributed by atoms with Crippen LogP contribution in [0.25, 0.3) is 39.0 Å². The molecule has 2 aromatic heterocycles. The molecule has 2 aromatic carbocycles. The number of amides is 1. The molecule has 4 aliphatic rings. The quantitative estimate of drug-likeness (QED) is 0.181. The van der Waals surface area contributed by atoms with Crippen LogP contribution in [0.15, 0.2) is 31.0 Å². The lowest BCUT2D eigenvalue weighted by atomic mass is 9.72. The molecule has 0 atom stereocenters. The summed E-state index contributed by atoms with van der Waals surface area (Å²) in [6.07, 6.45) is 4.10. The van der Waals surface area contributed by atoms with Crippen molar-refractivity contribution in [2.24, 2.45) is 11.3 Å². The van der Waals surface area contributed by atoms with E-state index in [1.165, 1.54) is 12.8 Å². The summed E-state index contributed by atoms with van der Waals surface area (Å²) in [6.45, 7) is 15.5. The van der Waals surface area contributed by atoms with Crippen molar-refractivity contribution in [1.82, 2.24) is 30.0 Å². The number of ether oxygens (including phenoxy) is 3. The molecule has 4 aromatic rings. The van der Waals surface area contributed by atoms with Gasteiger partial charge in [0.15, 0.2) is 12.4 Å². The summed E-state index contributed by atoms with van der Waals surface area (Å²) < 4.78 is 60.1. The molecule has 0 unspecified atom stereocenters. The van der Waals surface area contributed by atoms with Crippen molar-refractivity contribution < 1.29 is 32.2 Å². The summed E-state index contributed by atoms with van der Waals surface area (Å²) in [5.41, 5.74) is 2.94. The van der Waals surface area contributed by atoms with E-state index < -0.39 is 18.4 Å². The van der Waals surface area contributed by atoms with Crippen molar-refractivity contribution in [3.05, 3.63) is 42.1 Å². The number of piperidine rings is 2. The molecule has 8 rings (SSSR count). The van der Waals surface area contributed by atoms with Gasteiger partial charge in [0.1, 0.15) is 23.0 Å². The Labute approximate surface area is 319 Å². The van der Waals surface area contributed by atoms with Crippen LogP contribution in [0.3, 0.4) is 0 Å². The Kier molecular flexibility index (Phi) is 9.62. The number of aromatic amines is 1. The van der Waals surface area contributed by atoms with Crippen molar-refractivity contribution in [3.63, 3.8) is 0 Å². The largest absolute Gasteiger partial charge is 0.481 e. The Morgan fingerprint density at radius 3 is 2.40 bits per heavy atom. The van der Waals surface area contributed by atoms with E-state index in [9.17, 15) is 18.0 Å². The van der Waals surface area contributed by atoms with E-state index in [-0.39, 0.29) is 34.9 Å². The molecular weight excluding hydrogens is 711 g/mol. The minimum atomic E-state index is -4.61. The number of hydrogen-bond acceptors (Lipinski definition) is 9. The Balaban J connectivity index is 1.19. The van der Waals surface area contributed by atoms with E-state index in [0.717, 1.165) is 67.7 Å². The van der Waals surface area contributed by atoms with E-state index in [4.69, 9.17) is 24.2 Å². The highest BCUT2D eigenvalue weighted by molar-refractivity contribution is 6.07. The van der Waals surface area contributed by atoms with Crippen molar-refractivity contribution in [3.8, 4) is 22.9 Å². The molecule has 55 heavy (non-hydrogen) atoms. The number of aromatic nitrogens is 4. The number of hydrogen-bond donors (Lipinski definition) is 1. The summed E-state index contributed by atoms with van der Waals surface area (Å²) in [6, 6.07) is 5.83. The van der Waals surface area contributed by atoms with Crippen molar-refractivity contribution in [2.45, 2.75) is 84.1 Å². The van der Waals surface area contributed by atoms with Crippen LogP contribution in [0, 0.1) is 18.3 Å². The smallest absolute Gasteiger partial charge is 0.422 e. The van der Waals surface area contributed by atoms with Gasteiger partial charge in [-0.25, -0.2) is 4.79 Å². The molecule has 14 heteroatoms. The number of halogens is 3. The average molecular weight is 762 g/mol. The molecule has 0 bridgehead atoms. The van der Waals surface area contributed by atoms with Crippen LogP contribution in [0.4, 0.5) is 23.8 Å². The second-order valence-electron chi connectivity index (χ2n) is 17.0. The summed E-state index contributed by atoms with van der Waals surface area (Å²) >= 11 is 0. The van der Waals surface area contributed by atoms with Crippen molar-refractivity contribution in [1.29, 1.82) is 0 Å². The average Bonchev–Trinajstić information content (AvgIpc) is 3.81. The van der Waals surface area contributed by atoms with Crippen molar-refractivity contribution in [2.75, 3.05) is 57.3 Å². The van der Waals surface area contributed by atoms with Crippen LogP contribution >= 0.6 is 0 Å². The van der Waals surface area contributed by atoms with Crippen LogP contribution in [0.2, 0.25) is 0 Å². The first-order valence-electron chi connectivity index (χ1n) is 19.4. The highest BCUT2D eigenvalue weighted by Crippen LogP contribution is 2.48. The Bertz CT molecular complexity index is 2080. The number of benzene rings is 2. The molecule has 1 N–H and O–H groups in total. The van der Waals surface area contributed by atoms with Gasteiger partial charge in [0.05, 0.1) is 11.7 Å². The van der Waals surface area contributed by atoms with Gasteiger partial charge in [-0.05, 0) is 101 Å². The van der Waals surface area contributed by atoms with Gasteiger partial charge in [0, 0.05) is 67.6 Å². The normalized spacial score (nSPS) is 19.5. The SMILES string of the molecule is C=Cc1cc2c(N3CCC4(CC3)CN(C(=O)OC(C)(C)C)C4)nc(OC3CCN(CC4CC4)CC3)nc2c(OCC(F)(F)F)c1-c1c(C)ccc2[nH]ncc12. The van der Waals surface area contributed by atoms with E-state index in [0.29, 0.717) is 54.1 Å². The lowest BCUT2D eigenvalue weighted by Crippen LogP contribution is -2.62. The topological polar surface area (TPSA) is 109 Å². The monoisotopic (exact) mass is 761 g/mol. The fraction of sp³-hybridized carbons (Fsp3) is 0.561. The number of carbonyl (C=O) groups is 1.